The molecule has 3 heteroatoms. The summed E-state index contributed by atoms with van der Waals surface area (Å²) < 4.78 is 5.32. The maximum atomic E-state index is 11.5. The fourth-order valence-corrected chi connectivity index (χ4v) is 1.99. The van der Waals surface area contributed by atoms with Gasteiger partial charge in [0.25, 0.3) is 0 Å². The summed E-state index contributed by atoms with van der Waals surface area (Å²) in [5.41, 5.74) is 8.07. The summed E-state index contributed by atoms with van der Waals surface area (Å²) in [6, 6.07) is 5.37. The molecular weight excluding hydrogens is 178 g/mol. The average Bonchev–Trinajstić information content (AvgIpc) is 2.93. The number of benzene rings is 1. The average molecular weight is 189 g/mol. The number of nitrogens with two attached hydrogens (primary N) is 1. The zero-order valence-corrected chi connectivity index (χ0v) is 7.69. The first kappa shape index (κ1) is 7.85. The first-order valence-corrected chi connectivity index (χ1v) is 4.86. The van der Waals surface area contributed by atoms with Gasteiger partial charge in [0.1, 0.15) is 6.10 Å². The third-order valence-corrected chi connectivity index (χ3v) is 2.89. The molecule has 0 radical (unpaired) electrons. The van der Waals surface area contributed by atoms with Gasteiger partial charge in [0.15, 0.2) is 0 Å². The molecule has 1 aromatic carbocycles. The highest BCUT2D eigenvalue weighted by Crippen LogP contribution is 2.47. The normalized spacial score (nSPS) is 24.6. The van der Waals surface area contributed by atoms with Crippen molar-refractivity contribution >= 4 is 11.7 Å². The molecule has 1 aromatic rings. The lowest BCUT2D eigenvalue weighted by molar-refractivity contribution is 0.0338. The Morgan fingerprint density at radius 2 is 2.14 bits per heavy atom. The Morgan fingerprint density at radius 3 is 2.86 bits per heavy atom. The van der Waals surface area contributed by atoms with Crippen molar-refractivity contribution in [3.63, 3.8) is 0 Å². The Labute approximate surface area is 81.9 Å². The zero-order chi connectivity index (χ0) is 9.71. The Hall–Kier alpha value is -1.51. The van der Waals surface area contributed by atoms with E-state index in [1.54, 1.807) is 12.1 Å². The molecule has 1 aliphatic carbocycles. The lowest BCUT2D eigenvalue weighted by Gasteiger charge is -2.08. The maximum absolute atomic E-state index is 11.5. The SMILES string of the molecule is Nc1ccc2c(c1)C(C1CC1)OC2=O. The highest BCUT2D eigenvalue weighted by atomic mass is 16.5. The second-order valence-electron chi connectivity index (χ2n) is 4.01. The summed E-state index contributed by atoms with van der Waals surface area (Å²) in [5.74, 6) is 0.332. The Morgan fingerprint density at radius 1 is 1.36 bits per heavy atom. The van der Waals surface area contributed by atoms with Gasteiger partial charge >= 0.3 is 5.97 Å². The lowest BCUT2D eigenvalue weighted by atomic mass is 10.0. The highest BCUT2D eigenvalue weighted by Gasteiger charge is 2.41. The molecule has 72 valence electrons. The van der Waals surface area contributed by atoms with Gasteiger partial charge in [-0.2, -0.15) is 0 Å². The number of nitrogen functional groups attached to an aromatic ring is 1. The monoisotopic (exact) mass is 189 g/mol. The minimum Gasteiger partial charge on any atom is -0.454 e. The number of hydrogen-bond acceptors (Lipinski definition) is 3. The van der Waals surface area contributed by atoms with Crippen molar-refractivity contribution in [2.24, 2.45) is 5.92 Å². The molecule has 2 N–H and O–H groups in total. The number of hydrogen-bond donors (Lipinski definition) is 1. The van der Waals surface area contributed by atoms with Crippen LogP contribution in [0, 0.1) is 5.92 Å². The van der Waals surface area contributed by atoms with Crippen LogP contribution in [0.1, 0.15) is 34.9 Å². The van der Waals surface area contributed by atoms with Crippen LogP contribution in [0.5, 0.6) is 0 Å². The van der Waals surface area contributed by atoms with E-state index in [4.69, 9.17) is 10.5 Å². The van der Waals surface area contributed by atoms with E-state index in [9.17, 15) is 4.79 Å². The van der Waals surface area contributed by atoms with E-state index < -0.39 is 0 Å². The molecule has 1 fully saturated rings. The van der Waals surface area contributed by atoms with Crippen LogP contribution in [0.3, 0.4) is 0 Å². The van der Waals surface area contributed by atoms with Gasteiger partial charge in [0.05, 0.1) is 5.56 Å². The number of cyclic esters (lactones) is 1. The molecular formula is C11H11NO2. The second-order valence-corrected chi connectivity index (χ2v) is 4.01. The molecule has 0 spiro atoms. The number of rotatable bonds is 1. The van der Waals surface area contributed by atoms with E-state index in [0.717, 1.165) is 18.4 Å². The second kappa shape index (κ2) is 2.50. The Bertz CT molecular complexity index is 410. The van der Waals surface area contributed by atoms with Crippen LogP contribution in [-0.2, 0) is 4.74 Å². The molecule has 1 saturated carbocycles. The first-order chi connectivity index (χ1) is 6.75. The van der Waals surface area contributed by atoms with E-state index in [-0.39, 0.29) is 12.1 Å². The third kappa shape index (κ3) is 1.02. The van der Waals surface area contributed by atoms with Crippen LogP contribution in [0.25, 0.3) is 0 Å². The number of carbonyl (C=O) groups is 1. The summed E-state index contributed by atoms with van der Waals surface area (Å²) in [6.45, 7) is 0. The van der Waals surface area contributed by atoms with Gasteiger partial charge < -0.3 is 10.5 Å². The minimum atomic E-state index is -0.197. The quantitative estimate of drug-likeness (QED) is 0.542. The zero-order valence-electron chi connectivity index (χ0n) is 7.69. The number of carbonyl (C=O) groups excluding carboxylic acids is 1. The van der Waals surface area contributed by atoms with Crippen molar-refractivity contribution in [1.82, 2.24) is 0 Å². The van der Waals surface area contributed by atoms with Crippen molar-refractivity contribution in [2.45, 2.75) is 18.9 Å². The van der Waals surface area contributed by atoms with Gasteiger partial charge in [-0.05, 0) is 31.0 Å². The van der Waals surface area contributed by atoms with Gasteiger partial charge in [0, 0.05) is 17.2 Å². The van der Waals surface area contributed by atoms with Crippen molar-refractivity contribution in [3.8, 4) is 0 Å². The molecule has 2 aliphatic rings. The molecule has 0 amide bonds. The van der Waals surface area contributed by atoms with Gasteiger partial charge in [-0.1, -0.05) is 0 Å². The van der Waals surface area contributed by atoms with Crippen molar-refractivity contribution in [3.05, 3.63) is 29.3 Å². The molecule has 3 nitrogen and oxygen atoms in total. The molecule has 1 atom stereocenters. The van der Waals surface area contributed by atoms with Crippen LogP contribution in [0.2, 0.25) is 0 Å². The molecule has 0 saturated heterocycles. The fourth-order valence-electron chi connectivity index (χ4n) is 1.99. The fraction of sp³-hybridized carbons (Fsp3) is 0.364. The predicted molar refractivity (Wildman–Crippen MR) is 51.7 cm³/mol. The molecule has 14 heavy (non-hydrogen) atoms. The maximum Gasteiger partial charge on any atom is 0.339 e. The number of fused-ring (bicyclic) bond motifs is 1. The summed E-state index contributed by atoms with van der Waals surface area (Å²) in [7, 11) is 0. The lowest BCUT2D eigenvalue weighted by Crippen LogP contribution is -2.00. The first-order valence-electron chi connectivity index (χ1n) is 4.86. The van der Waals surface area contributed by atoms with Crippen LogP contribution in [-0.4, -0.2) is 5.97 Å². The van der Waals surface area contributed by atoms with Crippen LogP contribution < -0.4 is 5.73 Å². The predicted octanol–water partition coefficient (Wildman–Crippen LogP) is 1.89. The molecule has 3 rings (SSSR count). The summed E-state index contributed by atoms with van der Waals surface area (Å²) in [5, 5.41) is 0. The molecule has 0 aromatic heterocycles. The van der Waals surface area contributed by atoms with E-state index in [2.05, 4.69) is 0 Å². The highest BCUT2D eigenvalue weighted by molar-refractivity contribution is 5.94. The van der Waals surface area contributed by atoms with Gasteiger partial charge in [0.2, 0.25) is 0 Å². The van der Waals surface area contributed by atoms with Crippen molar-refractivity contribution in [1.29, 1.82) is 0 Å². The molecule has 1 aliphatic heterocycles. The smallest absolute Gasteiger partial charge is 0.339 e. The summed E-state index contributed by atoms with van der Waals surface area (Å²) in [4.78, 5) is 11.5. The van der Waals surface area contributed by atoms with Gasteiger partial charge in [-0.3, -0.25) is 0 Å². The van der Waals surface area contributed by atoms with Gasteiger partial charge in [-0.25, -0.2) is 4.79 Å². The summed E-state index contributed by atoms with van der Waals surface area (Å²) >= 11 is 0. The van der Waals surface area contributed by atoms with Crippen molar-refractivity contribution < 1.29 is 9.53 Å². The molecule has 1 heterocycles. The largest absolute Gasteiger partial charge is 0.454 e. The molecule has 0 bridgehead atoms. The number of esters is 1. The minimum absolute atomic E-state index is 0.0269. The van der Waals surface area contributed by atoms with Gasteiger partial charge in [-0.15, -0.1) is 0 Å². The van der Waals surface area contributed by atoms with E-state index >= 15 is 0 Å². The molecule has 1 unspecified atom stereocenters. The van der Waals surface area contributed by atoms with Crippen LogP contribution >= 0.6 is 0 Å². The topological polar surface area (TPSA) is 52.3 Å². The van der Waals surface area contributed by atoms with E-state index in [0.29, 0.717) is 17.2 Å². The number of anilines is 1. The van der Waals surface area contributed by atoms with E-state index in [1.807, 2.05) is 6.07 Å². The Kier molecular flexibility index (Phi) is 1.40. The number of ether oxygens (including phenoxy) is 1. The Balaban J connectivity index is 2.10. The third-order valence-electron chi connectivity index (χ3n) is 2.89. The standard InChI is InChI=1S/C11H11NO2/c12-7-3-4-8-9(5-7)10(6-1-2-6)14-11(8)13/h3-6,10H,1-2,12H2. The van der Waals surface area contributed by atoms with Crippen LogP contribution in [0.15, 0.2) is 18.2 Å². The summed E-state index contributed by atoms with van der Waals surface area (Å²) in [6.07, 6.45) is 2.29. The van der Waals surface area contributed by atoms with Crippen molar-refractivity contribution in [2.75, 3.05) is 5.73 Å². The van der Waals surface area contributed by atoms with E-state index in [1.165, 1.54) is 0 Å². The van der Waals surface area contributed by atoms with Crippen LogP contribution in [0.4, 0.5) is 5.69 Å².